The fourth-order valence-electron chi connectivity index (χ4n) is 2.14. The van der Waals surface area contributed by atoms with Crippen LogP contribution in [-0.2, 0) is 11.2 Å². The zero-order valence-electron chi connectivity index (χ0n) is 14.8. The Morgan fingerprint density at radius 2 is 1.76 bits per heavy atom. The zero-order chi connectivity index (χ0) is 18.3. The van der Waals surface area contributed by atoms with Crippen LogP contribution in [0.4, 0.5) is 9.59 Å². The topological polar surface area (TPSA) is 108 Å². The first kappa shape index (κ1) is 18.6. The summed E-state index contributed by atoms with van der Waals surface area (Å²) < 4.78 is 5.09. The normalized spacial score (nSPS) is 11.2. The first-order chi connectivity index (χ1) is 11.8. The molecular formula is C17H25N5O3. The Bertz CT molecular complexity index is 687. The summed E-state index contributed by atoms with van der Waals surface area (Å²) in [5, 5.41) is 7.98. The molecule has 2 aromatic rings. The third kappa shape index (κ3) is 6.70. The number of carbonyl (C=O) groups excluding carboxylic acids is 2. The van der Waals surface area contributed by atoms with Gasteiger partial charge in [-0.15, -0.1) is 0 Å². The van der Waals surface area contributed by atoms with Crippen molar-refractivity contribution in [1.29, 1.82) is 0 Å². The summed E-state index contributed by atoms with van der Waals surface area (Å²) in [6, 6.07) is 7.49. The van der Waals surface area contributed by atoms with Gasteiger partial charge in [-0.05, 0) is 32.9 Å². The van der Waals surface area contributed by atoms with E-state index in [1.165, 1.54) is 0 Å². The van der Waals surface area contributed by atoms with Crippen LogP contribution in [0.25, 0.3) is 11.0 Å². The van der Waals surface area contributed by atoms with E-state index in [4.69, 9.17) is 4.74 Å². The monoisotopic (exact) mass is 347 g/mol. The smallest absolute Gasteiger partial charge is 0.407 e. The van der Waals surface area contributed by atoms with E-state index in [0.29, 0.717) is 26.1 Å². The third-order valence-electron chi connectivity index (χ3n) is 3.16. The van der Waals surface area contributed by atoms with Crippen LogP contribution in [0.2, 0.25) is 0 Å². The summed E-state index contributed by atoms with van der Waals surface area (Å²) in [6.45, 7) is 6.45. The largest absolute Gasteiger partial charge is 0.444 e. The number of nitrogens with one attached hydrogen (secondary N) is 4. The summed E-state index contributed by atoms with van der Waals surface area (Å²) in [5.41, 5.74) is 1.36. The van der Waals surface area contributed by atoms with E-state index in [0.717, 1.165) is 16.9 Å². The number of imidazole rings is 1. The van der Waals surface area contributed by atoms with Gasteiger partial charge in [0.25, 0.3) is 0 Å². The van der Waals surface area contributed by atoms with Gasteiger partial charge in [0.15, 0.2) is 0 Å². The number of rotatable bonds is 6. The zero-order valence-corrected chi connectivity index (χ0v) is 14.8. The molecule has 4 N–H and O–H groups in total. The van der Waals surface area contributed by atoms with Crippen molar-refractivity contribution >= 4 is 23.2 Å². The number of aromatic amines is 1. The van der Waals surface area contributed by atoms with E-state index >= 15 is 0 Å². The van der Waals surface area contributed by atoms with Crippen molar-refractivity contribution in [3.8, 4) is 0 Å². The van der Waals surface area contributed by atoms with Crippen molar-refractivity contribution in [2.24, 2.45) is 0 Å². The molecular weight excluding hydrogens is 322 g/mol. The Balaban J connectivity index is 1.59. The number of H-pyrrole nitrogens is 1. The van der Waals surface area contributed by atoms with E-state index in [-0.39, 0.29) is 6.03 Å². The molecule has 0 aliphatic carbocycles. The Morgan fingerprint density at radius 3 is 2.48 bits per heavy atom. The van der Waals surface area contributed by atoms with Gasteiger partial charge < -0.3 is 25.7 Å². The number of carbonyl (C=O) groups is 2. The molecule has 1 heterocycles. The van der Waals surface area contributed by atoms with Crippen LogP contribution in [0, 0.1) is 0 Å². The number of alkyl carbamates (subject to hydrolysis) is 1. The lowest BCUT2D eigenvalue weighted by molar-refractivity contribution is 0.0528. The highest BCUT2D eigenvalue weighted by molar-refractivity contribution is 5.75. The second-order valence-electron chi connectivity index (χ2n) is 6.56. The molecule has 0 saturated heterocycles. The second kappa shape index (κ2) is 8.36. The maximum Gasteiger partial charge on any atom is 0.407 e. The van der Waals surface area contributed by atoms with Crippen LogP contribution in [-0.4, -0.2) is 47.3 Å². The number of nitrogens with zero attached hydrogens (tertiary/aromatic N) is 1. The predicted octanol–water partition coefficient (Wildman–Crippen LogP) is 1.93. The van der Waals surface area contributed by atoms with E-state index in [1.54, 1.807) is 20.8 Å². The van der Waals surface area contributed by atoms with Crippen molar-refractivity contribution in [3.63, 3.8) is 0 Å². The summed E-state index contributed by atoms with van der Waals surface area (Å²) in [5.74, 6) is 0.827. The molecule has 0 aliphatic rings. The number of benzene rings is 1. The van der Waals surface area contributed by atoms with E-state index in [2.05, 4.69) is 25.9 Å². The quantitative estimate of drug-likeness (QED) is 0.599. The minimum absolute atomic E-state index is 0.290. The van der Waals surface area contributed by atoms with Crippen LogP contribution >= 0.6 is 0 Å². The molecule has 0 saturated carbocycles. The SMILES string of the molecule is CC(C)(C)OC(=O)NCCNC(=O)NCCc1nc2ccccc2[nH]1. The molecule has 0 unspecified atom stereocenters. The Morgan fingerprint density at radius 1 is 1.08 bits per heavy atom. The van der Waals surface area contributed by atoms with Crippen LogP contribution in [0.15, 0.2) is 24.3 Å². The van der Waals surface area contributed by atoms with Crippen LogP contribution < -0.4 is 16.0 Å². The molecule has 0 bridgehead atoms. The van der Waals surface area contributed by atoms with Crippen molar-refractivity contribution < 1.29 is 14.3 Å². The lowest BCUT2D eigenvalue weighted by Gasteiger charge is -2.19. The highest BCUT2D eigenvalue weighted by atomic mass is 16.6. The van der Waals surface area contributed by atoms with Gasteiger partial charge in [0.1, 0.15) is 11.4 Å². The molecule has 1 aromatic heterocycles. The number of fused-ring (bicyclic) bond motifs is 1. The summed E-state index contributed by atoms with van der Waals surface area (Å²) in [6.07, 6.45) is 0.109. The molecule has 8 heteroatoms. The number of hydrogen-bond acceptors (Lipinski definition) is 4. The summed E-state index contributed by atoms with van der Waals surface area (Å²) >= 11 is 0. The molecule has 0 aliphatic heterocycles. The number of aromatic nitrogens is 2. The maximum absolute atomic E-state index is 11.7. The Labute approximate surface area is 146 Å². The number of para-hydroxylation sites is 2. The number of hydrogen-bond donors (Lipinski definition) is 4. The van der Waals surface area contributed by atoms with Gasteiger partial charge in [0, 0.05) is 26.1 Å². The number of urea groups is 1. The summed E-state index contributed by atoms with van der Waals surface area (Å²) in [7, 11) is 0. The number of amides is 3. The van der Waals surface area contributed by atoms with Crippen molar-refractivity contribution in [2.45, 2.75) is 32.8 Å². The second-order valence-corrected chi connectivity index (χ2v) is 6.56. The van der Waals surface area contributed by atoms with Crippen LogP contribution in [0.1, 0.15) is 26.6 Å². The van der Waals surface area contributed by atoms with E-state index in [9.17, 15) is 9.59 Å². The first-order valence-corrected chi connectivity index (χ1v) is 8.26. The van der Waals surface area contributed by atoms with Gasteiger partial charge in [-0.25, -0.2) is 14.6 Å². The van der Waals surface area contributed by atoms with E-state index < -0.39 is 11.7 Å². The molecule has 0 fully saturated rings. The van der Waals surface area contributed by atoms with Crippen molar-refractivity contribution in [2.75, 3.05) is 19.6 Å². The van der Waals surface area contributed by atoms with Crippen LogP contribution in [0.3, 0.4) is 0 Å². The minimum atomic E-state index is -0.536. The van der Waals surface area contributed by atoms with E-state index in [1.807, 2.05) is 24.3 Å². The molecule has 0 radical (unpaired) electrons. The van der Waals surface area contributed by atoms with Crippen molar-refractivity contribution in [3.05, 3.63) is 30.1 Å². The Hall–Kier alpha value is -2.77. The Kier molecular flexibility index (Phi) is 6.21. The average Bonchev–Trinajstić information content (AvgIpc) is 2.92. The highest BCUT2D eigenvalue weighted by Crippen LogP contribution is 2.10. The van der Waals surface area contributed by atoms with Gasteiger partial charge in [0.05, 0.1) is 11.0 Å². The van der Waals surface area contributed by atoms with Gasteiger partial charge >= 0.3 is 12.1 Å². The first-order valence-electron chi connectivity index (χ1n) is 8.26. The minimum Gasteiger partial charge on any atom is -0.444 e. The molecule has 1 aromatic carbocycles. The maximum atomic E-state index is 11.7. The van der Waals surface area contributed by atoms with Gasteiger partial charge in [-0.1, -0.05) is 12.1 Å². The number of ether oxygens (including phenoxy) is 1. The molecule has 3 amide bonds. The standard InChI is InChI=1S/C17H25N5O3/c1-17(2,3)25-16(24)20-11-10-19-15(23)18-9-8-14-21-12-6-4-5-7-13(12)22-14/h4-7H,8-11H2,1-3H3,(H,20,24)(H,21,22)(H2,18,19,23). The van der Waals surface area contributed by atoms with Crippen LogP contribution in [0.5, 0.6) is 0 Å². The predicted molar refractivity (Wildman–Crippen MR) is 95.4 cm³/mol. The lowest BCUT2D eigenvalue weighted by atomic mass is 10.2. The molecule has 8 nitrogen and oxygen atoms in total. The molecule has 2 rings (SSSR count). The molecule has 25 heavy (non-hydrogen) atoms. The average molecular weight is 347 g/mol. The van der Waals surface area contributed by atoms with Gasteiger partial charge in [-0.2, -0.15) is 0 Å². The van der Waals surface area contributed by atoms with Gasteiger partial charge in [-0.3, -0.25) is 0 Å². The summed E-state index contributed by atoms with van der Waals surface area (Å²) in [4.78, 5) is 30.8. The highest BCUT2D eigenvalue weighted by Gasteiger charge is 2.15. The third-order valence-corrected chi connectivity index (χ3v) is 3.16. The molecule has 0 spiro atoms. The fourth-order valence-corrected chi connectivity index (χ4v) is 2.14. The fraction of sp³-hybridized carbons (Fsp3) is 0.471. The van der Waals surface area contributed by atoms with Gasteiger partial charge in [0.2, 0.25) is 0 Å². The lowest BCUT2D eigenvalue weighted by Crippen LogP contribution is -2.42. The van der Waals surface area contributed by atoms with Crippen molar-refractivity contribution in [1.82, 2.24) is 25.9 Å². The molecule has 0 atom stereocenters. The molecule has 136 valence electrons.